The lowest BCUT2D eigenvalue weighted by Gasteiger charge is -2.26. The van der Waals surface area contributed by atoms with Crippen LogP contribution in [0.5, 0.6) is 0 Å². The quantitative estimate of drug-likeness (QED) is 0.535. The molecule has 0 amide bonds. The van der Waals surface area contributed by atoms with E-state index in [0.29, 0.717) is 11.4 Å². The van der Waals surface area contributed by atoms with Crippen LogP contribution in [0.25, 0.3) is 28.2 Å². The molecule has 1 fully saturated rings. The molecule has 3 aromatic rings. The maximum Gasteiger partial charge on any atom is 0.112 e. The molecule has 6 N–H and O–H groups in total. The number of aromatic amines is 1. The summed E-state index contributed by atoms with van der Waals surface area (Å²) >= 11 is 0. The second-order valence-electron chi connectivity index (χ2n) is 8.21. The smallest absolute Gasteiger partial charge is 0.112 e. The van der Waals surface area contributed by atoms with Gasteiger partial charge in [0.1, 0.15) is 5.82 Å². The van der Waals surface area contributed by atoms with Gasteiger partial charge < -0.3 is 21.8 Å². The Bertz CT molecular complexity index is 1120. The molecule has 0 spiro atoms. The van der Waals surface area contributed by atoms with E-state index in [1.54, 1.807) is 0 Å². The number of likely N-dealkylation sites (tertiary alicyclic amines) is 1. The summed E-state index contributed by atoms with van der Waals surface area (Å²) in [6.07, 6.45) is 9.48. The average Bonchev–Trinajstić information content (AvgIpc) is 3.17. The van der Waals surface area contributed by atoms with Crippen LogP contribution in [0.3, 0.4) is 0 Å². The van der Waals surface area contributed by atoms with E-state index < -0.39 is 0 Å². The standard InChI is InChI=1S/C24H28N6/c25-12-21(26)22-11-19-20-10-18(13-28-24(20)29-23(19)14-27-22)17-6-4-16(5-7-17)15-30-8-2-1-3-9-30/h4-7,10-12,14,28-29H,1-3,8-9,13,15,25-26H2/b21-12-. The van der Waals surface area contributed by atoms with Gasteiger partial charge in [0.05, 0.1) is 23.1 Å². The fraction of sp³-hybridized carbons (Fsp3) is 0.292. The first kappa shape index (κ1) is 18.8. The van der Waals surface area contributed by atoms with Crippen molar-refractivity contribution in [2.75, 3.05) is 25.0 Å². The number of H-pyrrole nitrogens is 1. The molecule has 0 bridgehead atoms. The summed E-state index contributed by atoms with van der Waals surface area (Å²) in [5.41, 5.74) is 18.7. The highest BCUT2D eigenvalue weighted by atomic mass is 15.1. The summed E-state index contributed by atoms with van der Waals surface area (Å²) in [4.78, 5) is 10.4. The van der Waals surface area contributed by atoms with Crippen LogP contribution < -0.4 is 16.8 Å². The molecule has 5 rings (SSSR count). The van der Waals surface area contributed by atoms with Crippen LogP contribution in [0.1, 0.15) is 41.6 Å². The van der Waals surface area contributed by atoms with Crippen LogP contribution in [-0.4, -0.2) is 34.5 Å². The van der Waals surface area contributed by atoms with Gasteiger partial charge >= 0.3 is 0 Å². The fourth-order valence-electron chi connectivity index (χ4n) is 4.44. The van der Waals surface area contributed by atoms with Gasteiger partial charge in [-0.2, -0.15) is 0 Å². The van der Waals surface area contributed by atoms with Gasteiger partial charge in [-0.05, 0) is 54.8 Å². The molecule has 0 saturated carbocycles. The van der Waals surface area contributed by atoms with E-state index in [9.17, 15) is 0 Å². The zero-order valence-electron chi connectivity index (χ0n) is 17.1. The SMILES string of the molecule is N/C=C(\N)c1cc2c3c([nH]c2cn1)NCC(c1ccc(CN2CCCCC2)cc1)=C3. The molecule has 6 nitrogen and oxygen atoms in total. The van der Waals surface area contributed by atoms with Crippen molar-refractivity contribution in [1.29, 1.82) is 0 Å². The molecule has 1 saturated heterocycles. The third kappa shape index (κ3) is 3.55. The lowest BCUT2D eigenvalue weighted by molar-refractivity contribution is 0.221. The van der Waals surface area contributed by atoms with Crippen molar-refractivity contribution >= 4 is 34.1 Å². The molecule has 154 valence electrons. The molecule has 2 aliphatic heterocycles. The predicted octanol–water partition coefficient (Wildman–Crippen LogP) is 3.73. The van der Waals surface area contributed by atoms with Crippen LogP contribution >= 0.6 is 0 Å². The van der Waals surface area contributed by atoms with Crippen molar-refractivity contribution in [3.8, 4) is 0 Å². The van der Waals surface area contributed by atoms with E-state index in [2.05, 4.69) is 50.5 Å². The van der Waals surface area contributed by atoms with Gasteiger partial charge in [-0.3, -0.25) is 9.88 Å². The zero-order chi connectivity index (χ0) is 20.5. The number of fused-ring (bicyclic) bond motifs is 3. The number of anilines is 1. The Morgan fingerprint density at radius 1 is 1.13 bits per heavy atom. The number of hydrogen-bond donors (Lipinski definition) is 4. The number of aromatic nitrogens is 2. The van der Waals surface area contributed by atoms with Crippen LogP contribution in [-0.2, 0) is 6.54 Å². The topological polar surface area (TPSA) is 96.0 Å². The molecule has 0 radical (unpaired) electrons. The second kappa shape index (κ2) is 7.88. The molecule has 0 unspecified atom stereocenters. The van der Waals surface area contributed by atoms with Crippen molar-refractivity contribution in [2.45, 2.75) is 25.8 Å². The Hall–Kier alpha value is -3.25. The van der Waals surface area contributed by atoms with E-state index in [1.807, 2.05) is 12.3 Å². The maximum atomic E-state index is 5.96. The van der Waals surface area contributed by atoms with Crippen molar-refractivity contribution in [2.24, 2.45) is 11.5 Å². The minimum Gasteiger partial charge on any atom is -0.403 e. The fourth-order valence-corrected chi connectivity index (χ4v) is 4.44. The van der Waals surface area contributed by atoms with Crippen molar-refractivity contribution < 1.29 is 0 Å². The Labute approximate surface area is 176 Å². The third-order valence-corrected chi connectivity index (χ3v) is 6.15. The molecule has 0 atom stereocenters. The molecule has 1 aromatic carbocycles. The minimum absolute atomic E-state index is 0.476. The first-order chi connectivity index (χ1) is 14.7. The highest BCUT2D eigenvalue weighted by molar-refractivity contribution is 6.02. The third-order valence-electron chi connectivity index (χ3n) is 6.15. The number of hydrogen-bond acceptors (Lipinski definition) is 5. The van der Waals surface area contributed by atoms with Gasteiger partial charge in [0.15, 0.2) is 0 Å². The van der Waals surface area contributed by atoms with Gasteiger partial charge in [-0.1, -0.05) is 30.7 Å². The molecule has 4 heterocycles. The summed E-state index contributed by atoms with van der Waals surface area (Å²) in [6, 6.07) is 11.0. The van der Waals surface area contributed by atoms with Crippen molar-refractivity contribution in [3.63, 3.8) is 0 Å². The Kier molecular flexibility index (Phi) is 4.93. The number of pyridine rings is 1. The number of rotatable bonds is 4. The van der Waals surface area contributed by atoms with E-state index in [4.69, 9.17) is 11.5 Å². The Morgan fingerprint density at radius 3 is 2.70 bits per heavy atom. The highest BCUT2D eigenvalue weighted by Crippen LogP contribution is 2.34. The maximum absolute atomic E-state index is 5.96. The molecule has 0 aliphatic carbocycles. The average molecular weight is 401 g/mol. The summed E-state index contributed by atoms with van der Waals surface area (Å²) in [6.45, 7) is 4.29. The molecule has 2 aromatic heterocycles. The Balaban J connectivity index is 1.42. The van der Waals surface area contributed by atoms with E-state index >= 15 is 0 Å². The van der Waals surface area contributed by atoms with Gasteiger partial charge in [0.2, 0.25) is 0 Å². The number of nitrogens with one attached hydrogen (secondary N) is 2. The van der Waals surface area contributed by atoms with Crippen molar-refractivity contribution in [3.05, 3.63) is 65.1 Å². The van der Waals surface area contributed by atoms with Crippen LogP contribution in [0.2, 0.25) is 0 Å². The zero-order valence-corrected chi connectivity index (χ0v) is 17.1. The lowest BCUT2D eigenvalue weighted by atomic mass is 9.98. The van der Waals surface area contributed by atoms with Gasteiger partial charge in [0.25, 0.3) is 0 Å². The normalized spacial score (nSPS) is 17.5. The summed E-state index contributed by atoms with van der Waals surface area (Å²) < 4.78 is 0. The van der Waals surface area contributed by atoms with Crippen LogP contribution in [0.15, 0.2) is 42.7 Å². The predicted molar refractivity (Wildman–Crippen MR) is 124 cm³/mol. The van der Waals surface area contributed by atoms with Crippen LogP contribution in [0.4, 0.5) is 5.82 Å². The number of benzene rings is 1. The minimum atomic E-state index is 0.476. The summed E-state index contributed by atoms with van der Waals surface area (Å²) in [5.74, 6) is 1.02. The van der Waals surface area contributed by atoms with Gasteiger partial charge in [-0.15, -0.1) is 0 Å². The monoisotopic (exact) mass is 400 g/mol. The molecule has 30 heavy (non-hydrogen) atoms. The highest BCUT2D eigenvalue weighted by Gasteiger charge is 2.18. The largest absolute Gasteiger partial charge is 0.403 e. The molecular weight excluding hydrogens is 372 g/mol. The Morgan fingerprint density at radius 2 is 1.93 bits per heavy atom. The number of nitrogens with two attached hydrogens (primary N) is 2. The first-order valence-corrected chi connectivity index (χ1v) is 10.7. The molecule has 2 aliphatic rings. The summed E-state index contributed by atoms with van der Waals surface area (Å²) in [5, 5.41) is 4.60. The van der Waals surface area contributed by atoms with E-state index in [0.717, 1.165) is 35.4 Å². The summed E-state index contributed by atoms with van der Waals surface area (Å²) in [7, 11) is 0. The van der Waals surface area contributed by atoms with Gasteiger partial charge in [-0.25, -0.2) is 0 Å². The first-order valence-electron chi connectivity index (χ1n) is 10.7. The second-order valence-corrected chi connectivity index (χ2v) is 8.21. The van der Waals surface area contributed by atoms with Crippen molar-refractivity contribution in [1.82, 2.24) is 14.9 Å². The van der Waals surface area contributed by atoms with Crippen LogP contribution in [0, 0.1) is 0 Å². The number of piperidine rings is 1. The van der Waals surface area contributed by atoms with E-state index in [1.165, 1.54) is 55.3 Å². The molecular formula is C24H28N6. The number of nitrogens with zero attached hydrogens (tertiary/aromatic N) is 2. The molecule has 6 heteroatoms. The van der Waals surface area contributed by atoms with E-state index in [-0.39, 0.29) is 0 Å². The lowest BCUT2D eigenvalue weighted by Crippen LogP contribution is -2.29. The van der Waals surface area contributed by atoms with Gasteiger partial charge in [0, 0.05) is 30.2 Å².